The van der Waals surface area contributed by atoms with Crippen LogP contribution in [-0.4, -0.2) is 26.2 Å². The number of ether oxygens (including phenoxy) is 1. The number of aromatic nitrogens is 3. The Kier molecular flexibility index (Phi) is 6.61. The third-order valence-corrected chi connectivity index (χ3v) is 4.55. The van der Waals surface area contributed by atoms with Crippen LogP contribution in [0.1, 0.15) is 51.7 Å². The molecule has 0 aliphatic rings. The van der Waals surface area contributed by atoms with Gasteiger partial charge in [-0.2, -0.15) is 0 Å². The van der Waals surface area contributed by atoms with E-state index in [1.807, 2.05) is 54.6 Å². The van der Waals surface area contributed by atoms with E-state index in [1.165, 1.54) is 19.3 Å². The van der Waals surface area contributed by atoms with Gasteiger partial charge in [-0.3, -0.25) is 0 Å². The number of hydrogen-bond acceptors (Lipinski definition) is 4. The maximum absolute atomic E-state index is 10.8. The first kappa shape index (κ1) is 18.4. The lowest BCUT2D eigenvalue weighted by atomic mass is 10.1. The molecule has 5 nitrogen and oxygen atoms in total. The van der Waals surface area contributed by atoms with Gasteiger partial charge in [0.15, 0.2) is 0 Å². The Morgan fingerprint density at radius 2 is 1.69 bits per heavy atom. The van der Waals surface area contributed by atoms with E-state index in [0.29, 0.717) is 12.2 Å². The molecule has 0 saturated carbocycles. The molecule has 2 atom stereocenters. The Morgan fingerprint density at radius 3 is 2.50 bits per heavy atom. The summed E-state index contributed by atoms with van der Waals surface area (Å²) in [6.07, 6.45) is 5.19. The number of unbranched alkanes of at least 4 members (excludes halogenated alkanes) is 4. The average molecular weight is 353 g/mol. The highest BCUT2D eigenvalue weighted by Gasteiger charge is 2.25. The van der Waals surface area contributed by atoms with Crippen molar-refractivity contribution in [1.82, 2.24) is 15.0 Å². The normalized spacial score (nSPS) is 13.6. The summed E-state index contributed by atoms with van der Waals surface area (Å²) in [6.45, 7) is 2.20. The van der Waals surface area contributed by atoms with Crippen LogP contribution >= 0.6 is 0 Å². The first-order valence-corrected chi connectivity index (χ1v) is 9.49. The van der Waals surface area contributed by atoms with Crippen LogP contribution in [0.3, 0.4) is 0 Å². The number of nitrogens with zero attached hydrogens (tertiary/aromatic N) is 3. The van der Waals surface area contributed by atoms with E-state index < -0.39 is 12.3 Å². The molecule has 138 valence electrons. The van der Waals surface area contributed by atoms with Crippen LogP contribution in [0, 0.1) is 0 Å². The van der Waals surface area contributed by atoms with Crippen molar-refractivity contribution < 1.29 is 9.84 Å². The summed E-state index contributed by atoms with van der Waals surface area (Å²) in [5.74, 6) is 0.710. The number of aliphatic hydroxyl groups excluding tert-OH is 1. The van der Waals surface area contributed by atoms with Gasteiger partial charge in [0.25, 0.3) is 0 Å². The Bertz CT molecular complexity index is 788. The molecule has 0 fully saturated rings. The minimum atomic E-state index is -0.651. The molecule has 26 heavy (non-hydrogen) atoms. The zero-order valence-corrected chi connectivity index (χ0v) is 15.3. The highest BCUT2D eigenvalue weighted by atomic mass is 16.5. The predicted molar refractivity (Wildman–Crippen MR) is 103 cm³/mol. The summed E-state index contributed by atoms with van der Waals surface area (Å²) >= 11 is 0. The minimum Gasteiger partial charge on any atom is -0.466 e. The lowest BCUT2D eigenvalue weighted by molar-refractivity contribution is -0.0209. The van der Waals surface area contributed by atoms with E-state index in [0.717, 1.165) is 23.9 Å². The van der Waals surface area contributed by atoms with Crippen molar-refractivity contribution in [3.63, 3.8) is 0 Å². The summed E-state index contributed by atoms with van der Waals surface area (Å²) < 4.78 is 7.81. The van der Waals surface area contributed by atoms with Crippen molar-refractivity contribution in [3.05, 3.63) is 54.6 Å². The summed E-state index contributed by atoms with van der Waals surface area (Å²) in [5, 5.41) is 19.3. The number of hydrogen-bond donors (Lipinski definition) is 1. The van der Waals surface area contributed by atoms with Gasteiger partial charge in [-0.1, -0.05) is 74.6 Å². The van der Waals surface area contributed by atoms with Crippen LogP contribution in [0.5, 0.6) is 5.75 Å². The van der Waals surface area contributed by atoms with Gasteiger partial charge >= 0.3 is 0 Å². The van der Waals surface area contributed by atoms with E-state index in [4.69, 9.17) is 4.74 Å². The molecule has 5 heteroatoms. The zero-order valence-electron chi connectivity index (χ0n) is 15.3. The first-order chi connectivity index (χ1) is 12.8. The Hall–Kier alpha value is -2.40. The average Bonchev–Trinajstić information content (AvgIpc) is 3.10. The fourth-order valence-corrected chi connectivity index (χ4v) is 3.10. The smallest absolute Gasteiger partial charge is 0.219 e. The second-order valence-corrected chi connectivity index (χ2v) is 6.61. The minimum absolute atomic E-state index is 0.601. The van der Waals surface area contributed by atoms with Crippen LogP contribution in [0.2, 0.25) is 0 Å². The number of fused-ring (bicyclic) bond motifs is 1. The van der Waals surface area contributed by atoms with Gasteiger partial charge in [0.1, 0.15) is 17.4 Å². The monoisotopic (exact) mass is 353 g/mol. The van der Waals surface area contributed by atoms with E-state index in [2.05, 4.69) is 17.2 Å². The third kappa shape index (κ3) is 4.61. The van der Waals surface area contributed by atoms with Crippen molar-refractivity contribution in [2.75, 3.05) is 0 Å². The fraction of sp³-hybridized carbons (Fsp3) is 0.429. The molecule has 0 bridgehead atoms. The summed E-state index contributed by atoms with van der Waals surface area (Å²) in [5.41, 5.74) is 1.66. The van der Waals surface area contributed by atoms with E-state index in [-0.39, 0.29) is 0 Å². The molecule has 2 unspecified atom stereocenters. The lowest BCUT2D eigenvalue weighted by Crippen LogP contribution is -2.30. The molecule has 0 saturated heterocycles. The maximum Gasteiger partial charge on any atom is 0.219 e. The van der Waals surface area contributed by atoms with Crippen LogP contribution in [0.25, 0.3) is 11.0 Å². The molecule has 0 radical (unpaired) electrons. The SMILES string of the molecule is CCCCCCCC(O)C(Oc1ccccc1)n1nnc2ccccc21. The van der Waals surface area contributed by atoms with Crippen LogP contribution in [-0.2, 0) is 0 Å². The first-order valence-electron chi connectivity index (χ1n) is 9.49. The zero-order chi connectivity index (χ0) is 18.2. The summed E-state index contributed by atoms with van der Waals surface area (Å²) in [4.78, 5) is 0. The van der Waals surface area contributed by atoms with Crippen molar-refractivity contribution in [2.45, 2.75) is 57.8 Å². The topological polar surface area (TPSA) is 60.2 Å². The lowest BCUT2D eigenvalue weighted by Gasteiger charge is -2.24. The van der Waals surface area contributed by atoms with E-state index in [9.17, 15) is 5.11 Å². The molecule has 0 aliphatic heterocycles. The number of rotatable bonds is 10. The van der Waals surface area contributed by atoms with Gasteiger partial charge in [-0.15, -0.1) is 5.10 Å². The maximum atomic E-state index is 10.8. The highest BCUT2D eigenvalue weighted by molar-refractivity contribution is 5.73. The predicted octanol–water partition coefficient (Wildman–Crippen LogP) is 4.73. The van der Waals surface area contributed by atoms with Crippen LogP contribution in [0.4, 0.5) is 0 Å². The second-order valence-electron chi connectivity index (χ2n) is 6.61. The van der Waals surface area contributed by atoms with Gasteiger partial charge in [-0.05, 0) is 30.7 Å². The van der Waals surface area contributed by atoms with Gasteiger partial charge in [0.2, 0.25) is 6.23 Å². The number of aliphatic hydroxyl groups is 1. The van der Waals surface area contributed by atoms with Gasteiger partial charge in [0.05, 0.1) is 5.52 Å². The molecule has 2 aromatic carbocycles. The molecule has 0 aliphatic carbocycles. The molecule has 3 rings (SSSR count). The van der Waals surface area contributed by atoms with Crippen molar-refractivity contribution in [3.8, 4) is 5.75 Å². The van der Waals surface area contributed by atoms with Gasteiger partial charge in [0, 0.05) is 0 Å². The molecular formula is C21H27N3O2. The number of para-hydroxylation sites is 2. The number of benzene rings is 2. The second kappa shape index (κ2) is 9.34. The van der Waals surface area contributed by atoms with Gasteiger partial charge in [-0.25, -0.2) is 4.68 Å². The highest BCUT2D eigenvalue weighted by Crippen LogP contribution is 2.25. The molecule has 1 aromatic heterocycles. The van der Waals surface area contributed by atoms with Crippen molar-refractivity contribution in [1.29, 1.82) is 0 Å². The Labute approximate surface area is 154 Å². The Morgan fingerprint density at radius 1 is 0.962 bits per heavy atom. The van der Waals surface area contributed by atoms with Crippen LogP contribution in [0.15, 0.2) is 54.6 Å². The van der Waals surface area contributed by atoms with Gasteiger partial charge < -0.3 is 9.84 Å². The summed E-state index contributed by atoms with van der Waals surface area (Å²) in [6, 6.07) is 17.3. The Balaban J connectivity index is 1.77. The largest absolute Gasteiger partial charge is 0.466 e. The van der Waals surface area contributed by atoms with Crippen molar-refractivity contribution in [2.24, 2.45) is 0 Å². The van der Waals surface area contributed by atoms with Crippen molar-refractivity contribution >= 4 is 11.0 Å². The van der Waals surface area contributed by atoms with Crippen LogP contribution < -0.4 is 4.74 Å². The molecule has 1 heterocycles. The quantitative estimate of drug-likeness (QED) is 0.535. The standard InChI is InChI=1S/C21H27N3O2/c1-2-3-4-5-9-16-20(25)21(26-17-12-7-6-8-13-17)24-19-15-11-10-14-18(19)22-23-24/h6-8,10-15,20-21,25H,2-5,9,16H2,1H3. The molecule has 0 amide bonds. The fourth-order valence-electron chi connectivity index (χ4n) is 3.10. The van der Waals surface area contributed by atoms with E-state index >= 15 is 0 Å². The molecule has 1 N–H and O–H groups in total. The molecular weight excluding hydrogens is 326 g/mol. The van der Waals surface area contributed by atoms with E-state index in [1.54, 1.807) is 4.68 Å². The summed E-state index contributed by atoms with van der Waals surface area (Å²) in [7, 11) is 0. The molecule has 3 aromatic rings. The molecule has 0 spiro atoms. The third-order valence-electron chi connectivity index (χ3n) is 4.55.